The van der Waals surface area contributed by atoms with Gasteiger partial charge in [0.1, 0.15) is 0 Å². The normalized spacial score (nSPS) is 24.8. The molecule has 1 aromatic rings. The molecule has 0 aromatic carbocycles. The predicted molar refractivity (Wildman–Crippen MR) is 79.6 cm³/mol. The second-order valence-electron chi connectivity index (χ2n) is 5.89. The number of rotatable bonds is 7. The Morgan fingerprint density at radius 1 is 1.40 bits per heavy atom. The summed E-state index contributed by atoms with van der Waals surface area (Å²) in [5.41, 5.74) is 1.00. The standard InChI is InChI=1S/C15H28N4O/c1-4-9-16-14(15(3)8-6-7-11-20-15)13-12-17-18-19(13)10-5-2/h12,14,16H,4-11H2,1-3H3. The SMILES string of the molecule is CCCNC(c1cnnn1CCC)C1(C)CCCCO1. The van der Waals surface area contributed by atoms with E-state index in [1.165, 1.54) is 12.8 Å². The lowest BCUT2D eigenvalue weighted by Crippen LogP contribution is -2.47. The summed E-state index contributed by atoms with van der Waals surface area (Å²) in [6.45, 7) is 9.34. The molecule has 0 spiro atoms. The van der Waals surface area contributed by atoms with Crippen LogP contribution in [0.25, 0.3) is 0 Å². The van der Waals surface area contributed by atoms with Crippen molar-refractivity contribution >= 4 is 0 Å². The van der Waals surface area contributed by atoms with Crippen LogP contribution in [0.1, 0.15) is 64.6 Å². The number of ether oxygens (including phenoxy) is 1. The Labute approximate surface area is 122 Å². The van der Waals surface area contributed by atoms with E-state index in [-0.39, 0.29) is 11.6 Å². The number of nitrogens with zero attached hydrogens (tertiary/aromatic N) is 3. The average molecular weight is 280 g/mol. The highest BCUT2D eigenvalue weighted by molar-refractivity contribution is 5.10. The minimum atomic E-state index is -0.152. The number of hydrogen-bond donors (Lipinski definition) is 1. The molecule has 2 heterocycles. The van der Waals surface area contributed by atoms with Gasteiger partial charge in [-0.3, -0.25) is 0 Å². The summed E-state index contributed by atoms with van der Waals surface area (Å²) in [5.74, 6) is 0. The van der Waals surface area contributed by atoms with Crippen LogP contribution in [0.2, 0.25) is 0 Å². The van der Waals surface area contributed by atoms with Gasteiger partial charge >= 0.3 is 0 Å². The highest BCUT2D eigenvalue weighted by atomic mass is 16.5. The summed E-state index contributed by atoms with van der Waals surface area (Å²) in [6, 6.07) is 0.171. The molecule has 1 aliphatic rings. The van der Waals surface area contributed by atoms with Crippen LogP contribution in [0.5, 0.6) is 0 Å². The Hall–Kier alpha value is -0.940. The van der Waals surface area contributed by atoms with Crippen molar-refractivity contribution in [2.45, 2.75) is 71.1 Å². The first kappa shape index (κ1) is 15.4. The van der Waals surface area contributed by atoms with Gasteiger partial charge < -0.3 is 10.1 Å². The lowest BCUT2D eigenvalue weighted by atomic mass is 9.86. The van der Waals surface area contributed by atoms with E-state index in [2.05, 4.69) is 36.4 Å². The first-order valence-corrected chi connectivity index (χ1v) is 7.97. The van der Waals surface area contributed by atoms with Gasteiger partial charge in [-0.05, 0) is 45.6 Å². The highest BCUT2D eigenvalue weighted by Crippen LogP contribution is 2.36. The molecule has 1 aliphatic heterocycles. The molecule has 2 atom stereocenters. The maximum atomic E-state index is 6.15. The molecule has 5 heteroatoms. The van der Waals surface area contributed by atoms with Gasteiger partial charge in [0.15, 0.2) is 0 Å². The molecule has 0 radical (unpaired) electrons. The van der Waals surface area contributed by atoms with Crippen molar-refractivity contribution in [2.75, 3.05) is 13.2 Å². The van der Waals surface area contributed by atoms with Gasteiger partial charge in [0, 0.05) is 13.2 Å². The van der Waals surface area contributed by atoms with Crippen molar-refractivity contribution in [3.63, 3.8) is 0 Å². The molecule has 2 unspecified atom stereocenters. The van der Waals surface area contributed by atoms with Crippen LogP contribution in [0.15, 0.2) is 6.20 Å². The lowest BCUT2D eigenvalue weighted by Gasteiger charge is -2.41. The van der Waals surface area contributed by atoms with Gasteiger partial charge in [0.25, 0.3) is 0 Å². The topological polar surface area (TPSA) is 52.0 Å². The number of aromatic nitrogens is 3. The van der Waals surface area contributed by atoms with E-state index >= 15 is 0 Å². The molecule has 1 fully saturated rings. The zero-order chi connectivity index (χ0) is 14.4. The van der Waals surface area contributed by atoms with E-state index in [0.29, 0.717) is 0 Å². The molecule has 114 valence electrons. The maximum absolute atomic E-state index is 6.15. The summed E-state index contributed by atoms with van der Waals surface area (Å²) in [7, 11) is 0. The van der Waals surface area contributed by atoms with Gasteiger partial charge in [-0.15, -0.1) is 5.10 Å². The minimum absolute atomic E-state index is 0.152. The molecule has 0 saturated carbocycles. The number of hydrogen-bond acceptors (Lipinski definition) is 4. The van der Waals surface area contributed by atoms with Crippen molar-refractivity contribution in [1.82, 2.24) is 20.3 Å². The first-order chi connectivity index (χ1) is 9.71. The molecule has 20 heavy (non-hydrogen) atoms. The van der Waals surface area contributed by atoms with Crippen LogP contribution in [-0.2, 0) is 11.3 Å². The minimum Gasteiger partial charge on any atom is -0.373 e. The zero-order valence-electron chi connectivity index (χ0n) is 13.1. The van der Waals surface area contributed by atoms with E-state index in [9.17, 15) is 0 Å². The molecular weight excluding hydrogens is 252 g/mol. The average Bonchev–Trinajstić information content (AvgIpc) is 2.88. The van der Waals surface area contributed by atoms with Gasteiger partial charge in [-0.2, -0.15) is 0 Å². The summed E-state index contributed by atoms with van der Waals surface area (Å²) >= 11 is 0. The fourth-order valence-electron chi connectivity index (χ4n) is 2.98. The molecular formula is C15H28N4O. The Bertz CT molecular complexity index is 398. The maximum Gasteiger partial charge on any atom is 0.0864 e. The molecule has 1 N–H and O–H groups in total. The van der Waals surface area contributed by atoms with E-state index in [1.54, 1.807) is 0 Å². The Morgan fingerprint density at radius 3 is 2.90 bits per heavy atom. The molecule has 0 bridgehead atoms. The van der Waals surface area contributed by atoms with E-state index < -0.39 is 0 Å². The molecule has 1 aromatic heterocycles. The molecule has 2 rings (SSSR count). The zero-order valence-corrected chi connectivity index (χ0v) is 13.1. The van der Waals surface area contributed by atoms with Gasteiger partial charge in [-0.1, -0.05) is 19.1 Å². The van der Waals surface area contributed by atoms with Crippen LogP contribution in [0, 0.1) is 0 Å². The summed E-state index contributed by atoms with van der Waals surface area (Å²) in [5, 5.41) is 12.0. The van der Waals surface area contributed by atoms with Crippen molar-refractivity contribution < 1.29 is 4.74 Å². The lowest BCUT2D eigenvalue weighted by molar-refractivity contribution is -0.0913. The highest BCUT2D eigenvalue weighted by Gasteiger charge is 2.39. The van der Waals surface area contributed by atoms with Crippen LogP contribution in [0.4, 0.5) is 0 Å². The largest absolute Gasteiger partial charge is 0.373 e. The van der Waals surface area contributed by atoms with E-state index in [0.717, 1.165) is 44.7 Å². The molecule has 5 nitrogen and oxygen atoms in total. The van der Waals surface area contributed by atoms with Crippen LogP contribution < -0.4 is 5.32 Å². The van der Waals surface area contributed by atoms with E-state index in [4.69, 9.17) is 4.74 Å². The third-order valence-electron chi connectivity index (χ3n) is 4.09. The van der Waals surface area contributed by atoms with Crippen molar-refractivity contribution in [2.24, 2.45) is 0 Å². The third-order valence-corrected chi connectivity index (χ3v) is 4.09. The Morgan fingerprint density at radius 2 is 2.25 bits per heavy atom. The molecule has 0 aliphatic carbocycles. The number of aryl methyl sites for hydroxylation is 1. The number of nitrogens with one attached hydrogen (secondary N) is 1. The van der Waals surface area contributed by atoms with Crippen LogP contribution in [0.3, 0.4) is 0 Å². The second kappa shape index (κ2) is 7.18. The Kier molecular flexibility index (Phi) is 5.54. The fraction of sp³-hybridized carbons (Fsp3) is 0.867. The monoisotopic (exact) mass is 280 g/mol. The third kappa shape index (κ3) is 3.38. The summed E-state index contributed by atoms with van der Waals surface area (Å²) in [4.78, 5) is 0. The van der Waals surface area contributed by atoms with Gasteiger partial charge in [0.2, 0.25) is 0 Å². The molecule has 1 saturated heterocycles. The molecule has 0 amide bonds. The summed E-state index contributed by atoms with van der Waals surface area (Å²) < 4.78 is 8.17. The van der Waals surface area contributed by atoms with E-state index in [1.807, 2.05) is 10.9 Å². The van der Waals surface area contributed by atoms with Gasteiger partial charge in [-0.25, -0.2) is 4.68 Å². The van der Waals surface area contributed by atoms with Gasteiger partial charge in [0.05, 0.1) is 23.5 Å². The Balaban J connectivity index is 2.23. The fourth-order valence-corrected chi connectivity index (χ4v) is 2.98. The van der Waals surface area contributed by atoms with Crippen LogP contribution in [-0.4, -0.2) is 33.7 Å². The quantitative estimate of drug-likeness (QED) is 0.834. The smallest absolute Gasteiger partial charge is 0.0864 e. The van der Waals surface area contributed by atoms with Crippen LogP contribution >= 0.6 is 0 Å². The summed E-state index contributed by atoms with van der Waals surface area (Å²) in [6.07, 6.45) is 7.56. The van der Waals surface area contributed by atoms with Crippen molar-refractivity contribution in [3.05, 3.63) is 11.9 Å². The van der Waals surface area contributed by atoms with Crippen molar-refractivity contribution in [1.29, 1.82) is 0 Å². The predicted octanol–water partition coefficient (Wildman–Crippen LogP) is 2.69. The second-order valence-corrected chi connectivity index (χ2v) is 5.89. The van der Waals surface area contributed by atoms with Crippen molar-refractivity contribution in [3.8, 4) is 0 Å². The first-order valence-electron chi connectivity index (χ1n) is 7.97.